The highest BCUT2D eigenvalue weighted by Crippen LogP contribution is 2.47. The zero-order valence-corrected chi connectivity index (χ0v) is 38.2. The molecule has 1 amide bonds. The van der Waals surface area contributed by atoms with Gasteiger partial charge < -0.3 is 33.9 Å². The Hall–Kier alpha value is -3.31. The van der Waals surface area contributed by atoms with Crippen LogP contribution in [0.5, 0.6) is 0 Å². The summed E-state index contributed by atoms with van der Waals surface area (Å²) in [6, 6.07) is 5.92. The Balaban J connectivity index is 1.67. The number of amides is 1. The number of nitrogens with zero attached hydrogens (tertiary/aromatic N) is 6. The number of piperidine rings is 1. The van der Waals surface area contributed by atoms with Gasteiger partial charge in [0.15, 0.2) is 5.65 Å². The SMILES string of the molecule is C=C(OCC)c1c(C2CC3CC[C@@H](C2)N3C(=O)OC(C)(C)C)nc2c(-c3ccc(C(C)(C)O)nc3)cnn2c1N(COCC[Si](C)(C)C)COCC[Si](C)(C)C. The van der Waals surface area contributed by atoms with Crippen LogP contribution in [0.3, 0.4) is 0 Å². The van der Waals surface area contributed by atoms with Crippen molar-refractivity contribution >= 4 is 39.5 Å². The van der Waals surface area contributed by atoms with Crippen molar-refractivity contribution in [3.05, 3.63) is 48.1 Å². The van der Waals surface area contributed by atoms with Crippen molar-refractivity contribution in [2.24, 2.45) is 0 Å². The van der Waals surface area contributed by atoms with E-state index in [4.69, 9.17) is 29.0 Å². The van der Waals surface area contributed by atoms with Gasteiger partial charge >= 0.3 is 6.09 Å². The van der Waals surface area contributed by atoms with Crippen LogP contribution in [0.1, 0.15) is 90.1 Å². The summed E-state index contributed by atoms with van der Waals surface area (Å²) in [6.45, 7) is 32.0. The summed E-state index contributed by atoms with van der Waals surface area (Å²) in [4.78, 5) is 27.7. The molecular formula is C42H68N6O6Si2. The van der Waals surface area contributed by atoms with E-state index in [0.29, 0.717) is 36.9 Å². The molecule has 310 valence electrons. The molecule has 5 rings (SSSR count). The molecule has 5 heterocycles. The topological polar surface area (TPSA) is 124 Å². The molecule has 56 heavy (non-hydrogen) atoms. The predicted octanol–water partition coefficient (Wildman–Crippen LogP) is 9.10. The van der Waals surface area contributed by atoms with Crippen molar-refractivity contribution in [3.63, 3.8) is 0 Å². The predicted molar refractivity (Wildman–Crippen MR) is 229 cm³/mol. The normalized spacial score (nSPS) is 19.1. The molecule has 2 aliphatic rings. The van der Waals surface area contributed by atoms with Crippen LogP contribution >= 0.6 is 0 Å². The number of ether oxygens (including phenoxy) is 4. The standard InChI is InChI=1S/C42H68N6O6Si2/c1-14-53-29(2)36-37(31-23-32-16-17-33(24-31)47(32)40(49)54-41(3,4)5)45-38-34(30-15-18-35(43-25-30)42(6,7)50)26-44-48(38)39(36)46(27-51-19-21-55(8,9)10)28-52-20-22-56(11,12)13/h15,18,25-26,31-33,50H,2,14,16-17,19-24,27-28H2,1,3-13H3/t31?,32-,33?/m0/s1. The maximum absolute atomic E-state index is 13.5. The van der Waals surface area contributed by atoms with Crippen molar-refractivity contribution in [2.75, 3.05) is 38.2 Å². The zero-order chi connectivity index (χ0) is 41.2. The van der Waals surface area contributed by atoms with Gasteiger partial charge in [-0.2, -0.15) is 9.61 Å². The maximum atomic E-state index is 13.5. The van der Waals surface area contributed by atoms with Gasteiger partial charge in [-0.3, -0.25) is 4.98 Å². The van der Waals surface area contributed by atoms with Crippen molar-refractivity contribution in [2.45, 2.75) is 148 Å². The van der Waals surface area contributed by atoms with E-state index in [1.807, 2.05) is 55.4 Å². The summed E-state index contributed by atoms with van der Waals surface area (Å²) in [5.74, 6) is 1.26. The lowest BCUT2D eigenvalue weighted by molar-refractivity contribution is 0.00565. The third-order valence-electron chi connectivity index (χ3n) is 10.5. The Morgan fingerprint density at radius 2 is 1.54 bits per heavy atom. The smallest absolute Gasteiger partial charge is 0.410 e. The van der Waals surface area contributed by atoms with Gasteiger partial charge in [0.25, 0.3) is 0 Å². The lowest BCUT2D eigenvalue weighted by Gasteiger charge is -2.40. The molecule has 2 unspecified atom stereocenters. The van der Waals surface area contributed by atoms with Gasteiger partial charge in [0.1, 0.15) is 36.2 Å². The third kappa shape index (κ3) is 11.0. The van der Waals surface area contributed by atoms with Gasteiger partial charge in [-0.1, -0.05) is 51.9 Å². The van der Waals surface area contributed by atoms with Gasteiger partial charge in [-0.25, -0.2) is 9.78 Å². The Kier molecular flexibility index (Phi) is 13.5. The average Bonchev–Trinajstić information content (AvgIpc) is 3.62. The van der Waals surface area contributed by atoms with E-state index in [9.17, 15) is 9.90 Å². The molecule has 14 heteroatoms. The molecule has 0 saturated carbocycles. The Labute approximate surface area is 337 Å². The van der Waals surface area contributed by atoms with Crippen molar-refractivity contribution in [3.8, 4) is 11.1 Å². The van der Waals surface area contributed by atoms with Crippen LogP contribution in [0.15, 0.2) is 31.1 Å². The maximum Gasteiger partial charge on any atom is 0.410 e. The number of hydrogen-bond donors (Lipinski definition) is 1. The first-order valence-corrected chi connectivity index (χ1v) is 27.8. The summed E-state index contributed by atoms with van der Waals surface area (Å²) >= 11 is 0. The quantitative estimate of drug-likeness (QED) is 0.0612. The summed E-state index contributed by atoms with van der Waals surface area (Å²) < 4.78 is 27.0. The van der Waals surface area contributed by atoms with Crippen molar-refractivity contribution in [1.82, 2.24) is 24.5 Å². The lowest BCUT2D eigenvalue weighted by atomic mass is 9.85. The Bertz CT molecular complexity index is 1790. The second kappa shape index (κ2) is 17.3. The second-order valence-corrected chi connectivity index (χ2v) is 30.8. The highest BCUT2D eigenvalue weighted by Gasteiger charge is 2.46. The molecule has 2 saturated heterocycles. The Morgan fingerprint density at radius 1 is 0.946 bits per heavy atom. The third-order valence-corrected chi connectivity index (χ3v) is 13.9. The molecular weight excluding hydrogens is 741 g/mol. The minimum Gasteiger partial charge on any atom is -0.494 e. The lowest BCUT2D eigenvalue weighted by Crippen LogP contribution is -2.48. The van der Waals surface area contributed by atoms with E-state index in [2.05, 4.69) is 55.7 Å². The monoisotopic (exact) mass is 808 g/mol. The van der Waals surface area contributed by atoms with Crippen LogP contribution in [0.2, 0.25) is 51.4 Å². The van der Waals surface area contributed by atoms with Crippen LogP contribution < -0.4 is 4.90 Å². The summed E-state index contributed by atoms with van der Waals surface area (Å²) in [6.07, 6.45) is 6.64. The first-order chi connectivity index (χ1) is 26.1. The van der Waals surface area contributed by atoms with Gasteiger partial charge in [-0.05, 0) is 85.4 Å². The molecule has 3 atom stereocenters. The minimum absolute atomic E-state index is 0.00282. The molecule has 0 aromatic carbocycles. The summed E-state index contributed by atoms with van der Waals surface area (Å²) in [5.41, 5.74) is 2.87. The minimum atomic E-state index is -1.35. The fourth-order valence-electron chi connectivity index (χ4n) is 7.49. The first-order valence-electron chi connectivity index (χ1n) is 20.4. The molecule has 12 nitrogen and oxygen atoms in total. The van der Waals surface area contributed by atoms with Crippen molar-refractivity contribution < 1.29 is 28.8 Å². The first kappa shape index (κ1) is 43.8. The van der Waals surface area contributed by atoms with E-state index >= 15 is 0 Å². The van der Waals surface area contributed by atoms with Crippen LogP contribution in [-0.4, -0.2) is 103 Å². The molecule has 0 aliphatic carbocycles. The molecule has 2 aliphatic heterocycles. The highest BCUT2D eigenvalue weighted by atomic mass is 28.3. The van der Waals surface area contributed by atoms with Crippen LogP contribution in [0, 0.1) is 0 Å². The number of aromatic nitrogens is 4. The molecule has 3 aromatic rings. The number of rotatable bonds is 17. The fourth-order valence-corrected chi connectivity index (χ4v) is 9.01. The average molecular weight is 809 g/mol. The number of pyridine rings is 1. The van der Waals surface area contributed by atoms with Crippen LogP contribution in [0.4, 0.5) is 10.6 Å². The molecule has 0 spiro atoms. The number of carbonyl (C=O) groups excluding carboxylic acids is 1. The Morgan fingerprint density at radius 3 is 2.02 bits per heavy atom. The molecule has 2 fully saturated rings. The van der Waals surface area contributed by atoms with E-state index in [1.54, 1.807) is 20.0 Å². The molecule has 0 radical (unpaired) electrons. The summed E-state index contributed by atoms with van der Waals surface area (Å²) in [7, 11) is -2.70. The molecule has 3 aromatic heterocycles. The van der Waals surface area contributed by atoms with Crippen molar-refractivity contribution in [1.29, 1.82) is 0 Å². The van der Waals surface area contributed by atoms with Gasteiger partial charge in [0.05, 0.1) is 29.8 Å². The number of carbonyl (C=O) groups is 1. The number of fused-ring (bicyclic) bond motifs is 3. The fraction of sp³-hybridized carbons (Fsp3) is 0.667. The van der Waals surface area contributed by atoms with E-state index < -0.39 is 27.3 Å². The van der Waals surface area contributed by atoms with Crippen LogP contribution in [0.25, 0.3) is 22.5 Å². The number of aliphatic hydroxyl groups is 1. The van der Waals surface area contributed by atoms with E-state index in [1.165, 1.54) is 0 Å². The van der Waals surface area contributed by atoms with Crippen LogP contribution in [-0.2, 0) is 24.5 Å². The molecule has 1 N–H and O–H groups in total. The second-order valence-electron chi connectivity index (χ2n) is 19.5. The van der Waals surface area contributed by atoms with Gasteiger partial charge in [0, 0.05) is 64.7 Å². The van der Waals surface area contributed by atoms with Gasteiger partial charge in [-0.15, -0.1) is 0 Å². The highest BCUT2D eigenvalue weighted by molar-refractivity contribution is 6.76. The molecule has 2 bridgehead atoms. The van der Waals surface area contributed by atoms with Gasteiger partial charge in [0.2, 0.25) is 0 Å². The zero-order valence-electron chi connectivity index (χ0n) is 36.2. The van der Waals surface area contributed by atoms with E-state index in [-0.39, 0.29) is 37.6 Å². The number of anilines is 1. The van der Waals surface area contributed by atoms with E-state index in [0.717, 1.165) is 66.0 Å². The summed E-state index contributed by atoms with van der Waals surface area (Å²) in [5, 5.41) is 15.6. The largest absolute Gasteiger partial charge is 0.494 e. The number of hydrogen-bond acceptors (Lipinski definition) is 10.